The van der Waals surface area contributed by atoms with Gasteiger partial charge in [0.05, 0.1) is 24.2 Å². The molecule has 0 aromatic carbocycles. The smallest absolute Gasteiger partial charge is 0.311 e. The Morgan fingerprint density at radius 1 is 1.18 bits per heavy atom. The third-order valence-corrected chi connectivity index (χ3v) is 4.04. The van der Waals surface area contributed by atoms with Gasteiger partial charge in [-0.05, 0) is 33.1 Å². The number of hydrogen-bond donors (Lipinski definition) is 2. The molecule has 4 nitrogen and oxygen atoms in total. The molecule has 22 heavy (non-hydrogen) atoms. The zero-order valence-electron chi connectivity index (χ0n) is 14.8. The average Bonchev–Trinajstić information content (AvgIpc) is 2.43. The Hall–Kier alpha value is -1.05. The van der Waals surface area contributed by atoms with E-state index in [4.69, 9.17) is 11.2 Å². The molecule has 0 amide bonds. The zero-order chi connectivity index (χ0) is 17.5. The molecule has 0 radical (unpaired) electrons. The highest BCUT2D eigenvalue weighted by Crippen LogP contribution is 2.26. The second kappa shape index (κ2) is 9.17. The van der Waals surface area contributed by atoms with Crippen LogP contribution in [-0.4, -0.2) is 35.0 Å². The van der Waals surface area contributed by atoms with Crippen LogP contribution in [0.3, 0.4) is 0 Å². The van der Waals surface area contributed by atoms with Gasteiger partial charge in [-0.15, -0.1) is 12.3 Å². The van der Waals surface area contributed by atoms with Crippen LogP contribution in [-0.2, 0) is 9.53 Å². The zero-order valence-corrected chi connectivity index (χ0v) is 14.8. The van der Waals surface area contributed by atoms with Crippen molar-refractivity contribution < 1.29 is 19.7 Å². The van der Waals surface area contributed by atoms with Crippen molar-refractivity contribution in [1.82, 2.24) is 0 Å². The number of rotatable bonds is 8. The fourth-order valence-corrected chi connectivity index (χ4v) is 2.36. The summed E-state index contributed by atoms with van der Waals surface area (Å²) in [6, 6.07) is 0. The Morgan fingerprint density at radius 2 is 1.68 bits per heavy atom. The van der Waals surface area contributed by atoms with E-state index in [2.05, 4.69) is 5.92 Å². The Kier molecular flexibility index (Phi) is 8.73. The van der Waals surface area contributed by atoms with Crippen LogP contribution in [0, 0.1) is 35.5 Å². The molecule has 0 spiro atoms. The van der Waals surface area contributed by atoms with Crippen LogP contribution in [0.5, 0.6) is 0 Å². The third kappa shape index (κ3) is 6.37. The highest BCUT2D eigenvalue weighted by molar-refractivity contribution is 5.75. The molecule has 2 N–H and O–H groups in total. The molecule has 0 fully saturated rings. The van der Waals surface area contributed by atoms with Crippen LogP contribution in [0.25, 0.3) is 0 Å². The van der Waals surface area contributed by atoms with Gasteiger partial charge in [-0.1, -0.05) is 20.8 Å². The Labute approximate surface area is 135 Å². The number of terminal acetylenes is 1. The molecule has 128 valence electrons. The molecule has 0 aliphatic heterocycles. The van der Waals surface area contributed by atoms with Crippen LogP contribution in [0.15, 0.2) is 0 Å². The summed E-state index contributed by atoms with van der Waals surface area (Å²) < 4.78 is 5.26. The van der Waals surface area contributed by atoms with Crippen LogP contribution in [0.1, 0.15) is 54.4 Å². The maximum Gasteiger partial charge on any atom is 0.311 e. The summed E-state index contributed by atoms with van der Waals surface area (Å²) in [5, 5.41) is 20.8. The third-order valence-electron chi connectivity index (χ3n) is 4.04. The van der Waals surface area contributed by atoms with Crippen LogP contribution in [0.4, 0.5) is 0 Å². The Morgan fingerprint density at radius 3 is 2.09 bits per heavy atom. The number of carbonyl (C=O) groups excluding carboxylic acids is 1. The monoisotopic (exact) mass is 312 g/mol. The summed E-state index contributed by atoms with van der Waals surface area (Å²) in [5.41, 5.74) is -0.560. The lowest BCUT2D eigenvalue weighted by Gasteiger charge is -2.33. The van der Waals surface area contributed by atoms with E-state index in [1.165, 1.54) is 0 Å². The lowest BCUT2D eigenvalue weighted by Crippen LogP contribution is -2.40. The van der Waals surface area contributed by atoms with Crippen molar-refractivity contribution in [1.29, 1.82) is 0 Å². The fraction of sp³-hybridized carbons (Fsp3) is 0.833. The van der Waals surface area contributed by atoms with E-state index < -0.39 is 17.6 Å². The van der Waals surface area contributed by atoms with Crippen LogP contribution < -0.4 is 0 Å². The minimum atomic E-state index is -0.743. The predicted molar refractivity (Wildman–Crippen MR) is 88.0 cm³/mol. The van der Waals surface area contributed by atoms with Crippen LogP contribution >= 0.6 is 0 Å². The molecule has 0 aromatic heterocycles. The van der Waals surface area contributed by atoms with Crippen molar-refractivity contribution in [3.8, 4) is 12.3 Å². The molecule has 0 saturated heterocycles. The maximum absolute atomic E-state index is 11.8. The van der Waals surface area contributed by atoms with Gasteiger partial charge in [0, 0.05) is 18.3 Å². The molecule has 0 aliphatic carbocycles. The van der Waals surface area contributed by atoms with E-state index in [0.29, 0.717) is 12.8 Å². The van der Waals surface area contributed by atoms with E-state index in [0.717, 1.165) is 0 Å². The molecule has 0 aromatic rings. The van der Waals surface area contributed by atoms with Crippen molar-refractivity contribution in [3.63, 3.8) is 0 Å². The minimum Gasteiger partial charge on any atom is -0.465 e. The number of esters is 1. The van der Waals surface area contributed by atoms with Gasteiger partial charge in [-0.2, -0.15) is 0 Å². The van der Waals surface area contributed by atoms with Crippen LogP contribution in [0.2, 0.25) is 0 Å². The summed E-state index contributed by atoms with van der Waals surface area (Å²) in [7, 11) is 0. The van der Waals surface area contributed by atoms with Crippen molar-refractivity contribution in [2.24, 2.45) is 23.2 Å². The number of carbonyl (C=O) groups is 1. The molecule has 0 saturated carbocycles. The predicted octanol–water partition coefficient (Wildman–Crippen LogP) is 2.62. The first-order valence-corrected chi connectivity index (χ1v) is 8.03. The molecule has 0 rings (SSSR count). The van der Waals surface area contributed by atoms with E-state index in [1.807, 2.05) is 20.8 Å². The fourth-order valence-electron chi connectivity index (χ4n) is 2.36. The van der Waals surface area contributed by atoms with Gasteiger partial charge in [0.25, 0.3) is 0 Å². The number of hydrogen-bond acceptors (Lipinski definition) is 4. The lowest BCUT2D eigenvalue weighted by molar-refractivity contribution is -0.156. The van der Waals surface area contributed by atoms with E-state index in [1.54, 1.807) is 20.8 Å². The van der Waals surface area contributed by atoms with Gasteiger partial charge in [-0.3, -0.25) is 4.79 Å². The highest BCUT2D eigenvalue weighted by atomic mass is 16.5. The summed E-state index contributed by atoms with van der Waals surface area (Å²) in [6.07, 6.45) is 4.98. The van der Waals surface area contributed by atoms with Crippen molar-refractivity contribution >= 4 is 5.97 Å². The molecular formula is C18H32O4. The lowest BCUT2D eigenvalue weighted by atomic mass is 9.80. The van der Waals surface area contributed by atoms with Gasteiger partial charge in [-0.25, -0.2) is 0 Å². The molecule has 5 atom stereocenters. The maximum atomic E-state index is 11.8. The molecule has 0 aliphatic rings. The van der Waals surface area contributed by atoms with Crippen molar-refractivity contribution in [2.75, 3.05) is 6.61 Å². The first kappa shape index (κ1) is 20.9. The van der Waals surface area contributed by atoms with Crippen molar-refractivity contribution in [3.05, 3.63) is 0 Å². The van der Waals surface area contributed by atoms with Gasteiger partial charge < -0.3 is 14.9 Å². The minimum absolute atomic E-state index is 0.0751. The summed E-state index contributed by atoms with van der Waals surface area (Å²) in [4.78, 5) is 11.8. The van der Waals surface area contributed by atoms with Gasteiger partial charge >= 0.3 is 5.97 Å². The number of ether oxygens (including phenoxy) is 1. The van der Waals surface area contributed by atoms with Gasteiger partial charge in [0.2, 0.25) is 0 Å². The second-order valence-electron chi connectivity index (χ2n) is 7.26. The second-order valence-corrected chi connectivity index (χ2v) is 7.26. The topological polar surface area (TPSA) is 66.8 Å². The van der Waals surface area contributed by atoms with Gasteiger partial charge in [0.15, 0.2) is 0 Å². The molecule has 0 heterocycles. The summed E-state index contributed by atoms with van der Waals surface area (Å²) in [6.45, 7) is 11.1. The molecule has 4 heteroatoms. The summed E-state index contributed by atoms with van der Waals surface area (Å²) >= 11 is 0. The standard InChI is InChI=1S/C18H32O4/c1-8-10-12(3)15(19)14(9-2)16(20)13(4)11-22-17(21)18(5,6)7/h1,12-16,19-20H,9-11H2,2-7H3/t12-,13-,14+,15+,16-/m1/s1. The first-order chi connectivity index (χ1) is 10.1. The molecular weight excluding hydrogens is 280 g/mol. The van der Waals surface area contributed by atoms with E-state index in [9.17, 15) is 15.0 Å². The quantitative estimate of drug-likeness (QED) is 0.534. The van der Waals surface area contributed by atoms with Gasteiger partial charge in [0.1, 0.15) is 0 Å². The average molecular weight is 312 g/mol. The summed E-state index contributed by atoms with van der Waals surface area (Å²) in [5.74, 6) is 1.64. The molecule has 0 unspecified atom stereocenters. The first-order valence-electron chi connectivity index (χ1n) is 8.03. The Bertz CT molecular complexity index is 378. The SMILES string of the molecule is C#CC[C@@H](C)[C@H](O)[C@H](CC)[C@H](O)[C@H](C)COC(=O)C(C)(C)C. The van der Waals surface area contributed by atoms with Crippen molar-refractivity contribution in [2.45, 2.75) is 66.6 Å². The Balaban J connectivity index is 4.66. The number of aliphatic hydroxyl groups is 2. The highest BCUT2D eigenvalue weighted by Gasteiger charge is 2.33. The number of aliphatic hydroxyl groups excluding tert-OH is 2. The van der Waals surface area contributed by atoms with E-state index >= 15 is 0 Å². The van der Waals surface area contributed by atoms with E-state index in [-0.39, 0.29) is 30.3 Å². The molecule has 0 bridgehead atoms. The largest absolute Gasteiger partial charge is 0.465 e. The normalized spacial score (nSPS) is 18.7.